The number of nitrogens with zero attached hydrogens (tertiary/aromatic N) is 1. The number of thiazole rings is 1. The summed E-state index contributed by atoms with van der Waals surface area (Å²) in [6.45, 7) is 0. The SMILES string of the molecule is Nc1nc2ccc3oc(-c4ccc(Oc5ccc(F)cc5)cc4)c(O)c(=O)c3c2s1. The van der Waals surface area contributed by atoms with Gasteiger partial charge in [0.1, 0.15) is 22.9 Å². The Morgan fingerprint density at radius 3 is 2.37 bits per heavy atom. The van der Waals surface area contributed by atoms with Gasteiger partial charge in [0.05, 0.1) is 15.6 Å². The Kier molecular flexibility index (Phi) is 4.14. The largest absolute Gasteiger partial charge is 0.502 e. The molecule has 148 valence electrons. The molecule has 0 aliphatic heterocycles. The normalized spacial score (nSPS) is 11.2. The summed E-state index contributed by atoms with van der Waals surface area (Å²) in [5, 5.41) is 11.1. The minimum Gasteiger partial charge on any atom is -0.502 e. The van der Waals surface area contributed by atoms with Crippen LogP contribution in [0.3, 0.4) is 0 Å². The molecule has 3 N–H and O–H groups in total. The van der Waals surface area contributed by atoms with Gasteiger partial charge in [0, 0.05) is 5.56 Å². The van der Waals surface area contributed by atoms with Gasteiger partial charge in [-0.3, -0.25) is 4.79 Å². The molecular weight excluding hydrogens is 407 g/mol. The van der Waals surface area contributed by atoms with Gasteiger partial charge in [-0.1, -0.05) is 11.3 Å². The standard InChI is InChI=1S/C22H13FN2O4S/c23-12-3-7-14(8-4-12)28-13-5-1-11(2-6-13)20-19(27)18(26)17-16(29-20)10-9-15-21(17)30-22(24)25-15/h1-10,27H,(H2,24,25). The number of benzene rings is 3. The third kappa shape index (κ3) is 3.03. The third-order valence-electron chi connectivity index (χ3n) is 4.57. The number of hydrogen-bond donors (Lipinski definition) is 2. The van der Waals surface area contributed by atoms with Gasteiger partial charge < -0.3 is 20.0 Å². The minimum absolute atomic E-state index is 0.0534. The van der Waals surface area contributed by atoms with Gasteiger partial charge in [-0.25, -0.2) is 9.37 Å². The number of nitrogens with two attached hydrogens (primary N) is 1. The maximum Gasteiger partial charge on any atom is 0.236 e. The van der Waals surface area contributed by atoms with E-state index in [2.05, 4.69) is 4.98 Å². The second-order valence-electron chi connectivity index (χ2n) is 6.53. The van der Waals surface area contributed by atoms with Gasteiger partial charge >= 0.3 is 0 Å². The average Bonchev–Trinajstić information content (AvgIpc) is 3.13. The van der Waals surface area contributed by atoms with E-state index >= 15 is 0 Å². The van der Waals surface area contributed by atoms with Gasteiger partial charge in [-0.2, -0.15) is 0 Å². The Labute approximate surface area is 172 Å². The summed E-state index contributed by atoms with van der Waals surface area (Å²) in [6, 6.07) is 15.6. The topological polar surface area (TPSA) is 98.6 Å². The molecule has 0 aliphatic carbocycles. The lowest BCUT2D eigenvalue weighted by Gasteiger charge is -2.08. The van der Waals surface area contributed by atoms with Crippen LogP contribution in [0.15, 0.2) is 69.9 Å². The Morgan fingerprint density at radius 2 is 1.67 bits per heavy atom. The van der Waals surface area contributed by atoms with E-state index in [1.54, 1.807) is 36.4 Å². The van der Waals surface area contributed by atoms with Gasteiger partial charge in [0.25, 0.3) is 0 Å². The van der Waals surface area contributed by atoms with Crippen molar-refractivity contribution in [3.8, 4) is 28.6 Å². The van der Waals surface area contributed by atoms with Crippen molar-refractivity contribution < 1.29 is 18.7 Å². The van der Waals surface area contributed by atoms with Crippen LogP contribution in [0.2, 0.25) is 0 Å². The van der Waals surface area contributed by atoms with E-state index in [1.165, 1.54) is 35.6 Å². The van der Waals surface area contributed by atoms with Crippen LogP contribution in [0.25, 0.3) is 32.5 Å². The van der Waals surface area contributed by atoms with E-state index in [1.807, 2.05) is 0 Å². The highest BCUT2D eigenvalue weighted by Crippen LogP contribution is 2.36. The number of rotatable bonds is 3. The van der Waals surface area contributed by atoms with Crippen molar-refractivity contribution in [3.63, 3.8) is 0 Å². The molecule has 2 aromatic heterocycles. The van der Waals surface area contributed by atoms with Crippen molar-refractivity contribution in [2.24, 2.45) is 0 Å². The quantitative estimate of drug-likeness (QED) is 0.412. The highest BCUT2D eigenvalue weighted by Gasteiger charge is 2.19. The molecule has 5 rings (SSSR count). The summed E-state index contributed by atoms with van der Waals surface area (Å²) >= 11 is 1.17. The highest BCUT2D eigenvalue weighted by molar-refractivity contribution is 7.23. The van der Waals surface area contributed by atoms with Crippen molar-refractivity contribution in [2.45, 2.75) is 0 Å². The molecule has 3 aromatic carbocycles. The monoisotopic (exact) mass is 420 g/mol. The fourth-order valence-corrected chi connectivity index (χ4v) is 4.05. The summed E-state index contributed by atoms with van der Waals surface area (Å²) < 4.78 is 25.1. The number of anilines is 1. The Hall–Kier alpha value is -3.91. The van der Waals surface area contributed by atoms with Crippen molar-refractivity contribution in [1.29, 1.82) is 0 Å². The molecule has 5 aromatic rings. The first-order valence-corrected chi connectivity index (χ1v) is 9.70. The Bertz CT molecular complexity index is 1460. The number of ether oxygens (including phenoxy) is 1. The second kappa shape index (κ2) is 6.85. The molecule has 0 bridgehead atoms. The zero-order valence-electron chi connectivity index (χ0n) is 15.3. The summed E-state index contributed by atoms with van der Waals surface area (Å²) in [5.74, 6) is 0.205. The minimum atomic E-state index is -0.549. The fraction of sp³-hybridized carbons (Fsp3) is 0. The van der Waals surface area contributed by atoms with Crippen LogP contribution in [-0.2, 0) is 0 Å². The number of nitrogen functional groups attached to an aromatic ring is 1. The van der Waals surface area contributed by atoms with Crippen molar-refractivity contribution in [2.75, 3.05) is 5.73 Å². The predicted octanol–water partition coefficient (Wildman–Crippen LogP) is 5.29. The molecule has 0 fully saturated rings. The first kappa shape index (κ1) is 18.1. The number of aromatic hydroxyl groups is 1. The first-order valence-electron chi connectivity index (χ1n) is 8.88. The van der Waals surface area contributed by atoms with Crippen LogP contribution in [0.5, 0.6) is 17.2 Å². The lowest BCUT2D eigenvalue weighted by Crippen LogP contribution is -2.02. The number of halogens is 1. The highest BCUT2D eigenvalue weighted by atomic mass is 32.1. The molecule has 0 saturated carbocycles. The summed E-state index contributed by atoms with van der Waals surface area (Å²) in [5.41, 5.74) is 6.61. The molecule has 0 aliphatic rings. The summed E-state index contributed by atoms with van der Waals surface area (Å²) in [4.78, 5) is 17.0. The third-order valence-corrected chi connectivity index (χ3v) is 5.49. The maximum absolute atomic E-state index is 13.0. The Morgan fingerprint density at radius 1 is 1.00 bits per heavy atom. The van der Waals surface area contributed by atoms with Crippen LogP contribution in [0, 0.1) is 5.82 Å². The lowest BCUT2D eigenvalue weighted by molar-refractivity contribution is 0.449. The van der Waals surface area contributed by atoms with E-state index in [-0.39, 0.29) is 17.0 Å². The van der Waals surface area contributed by atoms with E-state index in [0.717, 1.165) is 0 Å². The summed E-state index contributed by atoms with van der Waals surface area (Å²) in [6.07, 6.45) is 0. The van der Waals surface area contributed by atoms with E-state index in [0.29, 0.717) is 38.0 Å². The molecule has 0 atom stereocenters. The van der Waals surface area contributed by atoms with Crippen LogP contribution in [-0.4, -0.2) is 10.1 Å². The van der Waals surface area contributed by atoms with Gasteiger partial charge in [-0.05, 0) is 60.7 Å². The second-order valence-corrected chi connectivity index (χ2v) is 7.56. The van der Waals surface area contributed by atoms with Gasteiger partial charge in [-0.15, -0.1) is 0 Å². The predicted molar refractivity (Wildman–Crippen MR) is 114 cm³/mol. The van der Waals surface area contributed by atoms with Crippen molar-refractivity contribution >= 4 is 37.7 Å². The molecule has 6 nitrogen and oxygen atoms in total. The molecule has 0 unspecified atom stereocenters. The zero-order chi connectivity index (χ0) is 20.8. The Balaban J connectivity index is 1.55. The molecule has 0 amide bonds. The van der Waals surface area contributed by atoms with Crippen molar-refractivity contribution in [1.82, 2.24) is 4.98 Å². The molecule has 0 spiro atoms. The van der Waals surface area contributed by atoms with Crippen molar-refractivity contribution in [3.05, 3.63) is 76.7 Å². The average molecular weight is 420 g/mol. The number of aromatic nitrogens is 1. The smallest absolute Gasteiger partial charge is 0.236 e. The zero-order valence-corrected chi connectivity index (χ0v) is 16.1. The number of fused-ring (bicyclic) bond motifs is 3. The van der Waals surface area contributed by atoms with Crippen LogP contribution in [0.4, 0.5) is 9.52 Å². The van der Waals surface area contributed by atoms with Crippen LogP contribution >= 0.6 is 11.3 Å². The number of hydrogen-bond acceptors (Lipinski definition) is 7. The molecule has 8 heteroatoms. The van der Waals surface area contributed by atoms with Crippen LogP contribution < -0.4 is 15.9 Å². The summed E-state index contributed by atoms with van der Waals surface area (Å²) in [7, 11) is 0. The molecule has 2 heterocycles. The lowest BCUT2D eigenvalue weighted by atomic mass is 10.1. The first-order chi connectivity index (χ1) is 14.5. The van der Waals surface area contributed by atoms with E-state index in [4.69, 9.17) is 14.9 Å². The van der Waals surface area contributed by atoms with Crippen LogP contribution in [0.1, 0.15) is 0 Å². The maximum atomic E-state index is 13.0. The molecule has 30 heavy (non-hydrogen) atoms. The molecule has 0 radical (unpaired) electrons. The van der Waals surface area contributed by atoms with Gasteiger partial charge in [0.2, 0.25) is 11.2 Å². The molecular formula is C22H13FN2O4S. The fourth-order valence-electron chi connectivity index (χ4n) is 3.18. The molecule has 0 saturated heterocycles. The van der Waals surface area contributed by atoms with E-state index < -0.39 is 11.2 Å². The van der Waals surface area contributed by atoms with Gasteiger partial charge in [0.15, 0.2) is 10.9 Å². The van der Waals surface area contributed by atoms with E-state index in [9.17, 15) is 14.3 Å².